The summed E-state index contributed by atoms with van der Waals surface area (Å²) in [5, 5.41) is 10.8. The van der Waals surface area contributed by atoms with Gasteiger partial charge in [0.15, 0.2) is 11.6 Å². The van der Waals surface area contributed by atoms with Crippen LogP contribution in [-0.4, -0.2) is 9.91 Å². The van der Waals surface area contributed by atoms with Crippen LogP contribution in [0.25, 0.3) is 0 Å². The number of halogens is 4. The van der Waals surface area contributed by atoms with E-state index in [4.69, 9.17) is 16.3 Å². The van der Waals surface area contributed by atoms with Gasteiger partial charge in [0.1, 0.15) is 0 Å². The molecule has 1 heterocycles. The molecule has 0 bridgehead atoms. The Morgan fingerprint density at radius 2 is 1.90 bits per heavy atom. The average Bonchev–Trinajstić information content (AvgIpc) is 2.35. The van der Waals surface area contributed by atoms with Gasteiger partial charge < -0.3 is 4.74 Å². The fraction of sp³-hybridized carbons (Fsp3) is 0. The lowest BCUT2D eigenvalue weighted by molar-refractivity contribution is -0.385. The van der Waals surface area contributed by atoms with Gasteiger partial charge in [-0.3, -0.25) is 10.1 Å². The van der Waals surface area contributed by atoms with Gasteiger partial charge in [0.25, 0.3) is 11.8 Å². The number of aromatic nitrogens is 1. The van der Waals surface area contributed by atoms with E-state index in [0.29, 0.717) is 0 Å². The molecule has 0 unspecified atom stereocenters. The van der Waals surface area contributed by atoms with Crippen molar-refractivity contribution < 1.29 is 22.8 Å². The van der Waals surface area contributed by atoms with Crippen molar-refractivity contribution in [1.29, 1.82) is 0 Å². The van der Waals surface area contributed by atoms with Gasteiger partial charge in [-0.1, -0.05) is 11.6 Å². The Morgan fingerprint density at radius 3 is 2.55 bits per heavy atom. The lowest BCUT2D eigenvalue weighted by atomic mass is 10.3. The number of benzene rings is 1. The predicted molar refractivity (Wildman–Crippen MR) is 62.3 cm³/mol. The van der Waals surface area contributed by atoms with E-state index < -0.39 is 39.8 Å². The van der Waals surface area contributed by atoms with Crippen molar-refractivity contribution in [3.63, 3.8) is 0 Å². The summed E-state index contributed by atoms with van der Waals surface area (Å²) in [5.41, 5.74) is -0.527. The van der Waals surface area contributed by atoms with Crippen molar-refractivity contribution in [2.45, 2.75) is 0 Å². The molecule has 0 aliphatic heterocycles. The molecule has 1 aromatic heterocycles. The van der Waals surface area contributed by atoms with Crippen LogP contribution in [0.5, 0.6) is 11.6 Å². The van der Waals surface area contributed by atoms with Gasteiger partial charge in [-0.15, -0.1) is 0 Å². The third-order valence-electron chi connectivity index (χ3n) is 2.18. The van der Waals surface area contributed by atoms with E-state index in [0.717, 1.165) is 12.1 Å². The number of nitrogens with zero attached hydrogens (tertiary/aromatic N) is 2. The third-order valence-corrected chi connectivity index (χ3v) is 2.41. The molecule has 20 heavy (non-hydrogen) atoms. The molecule has 104 valence electrons. The van der Waals surface area contributed by atoms with Gasteiger partial charge in [0.2, 0.25) is 5.75 Å². The van der Waals surface area contributed by atoms with Crippen LogP contribution in [0, 0.1) is 27.7 Å². The molecule has 0 N–H and O–H groups in total. The summed E-state index contributed by atoms with van der Waals surface area (Å²) in [6.07, 6.45) is 0. The van der Waals surface area contributed by atoms with Crippen molar-refractivity contribution in [2.24, 2.45) is 0 Å². The minimum Gasteiger partial charge on any atom is -0.429 e. The minimum absolute atomic E-state index is 0.0774. The van der Waals surface area contributed by atoms with Crippen molar-refractivity contribution in [3.05, 3.63) is 57.0 Å². The Morgan fingerprint density at radius 1 is 1.20 bits per heavy atom. The molecular weight excluding hydrogens is 301 g/mol. The monoisotopic (exact) mass is 304 g/mol. The van der Waals surface area contributed by atoms with Gasteiger partial charge in [0, 0.05) is 23.2 Å². The molecule has 0 atom stereocenters. The van der Waals surface area contributed by atoms with Gasteiger partial charge in [0.05, 0.1) is 4.92 Å². The van der Waals surface area contributed by atoms with Crippen LogP contribution in [0.1, 0.15) is 0 Å². The summed E-state index contributed by atoms with van der Waals surface area (Å²) in [6.45, 7) is 0. The largest absolute Gasteiger partial charge is 0.429 e. The number of hydrogen-bond donors (Lipinski definition) is 0. The normalized spacial score (nSPS) is 10.4. The van der Waals surface area contributed by atoms with Crippen LogP contribution in [-0.2, 0) is 0 Å². The highest BCUT2D eigenvalue weighted by atomic mass is 35.5. The minimum atomic E-state index is -1.59. The SMILES string of the molecule is O=[N+]([O-])c1ccc(Cl)cc1Oc1nc(F)c(F)cc1F. The van der Waals surface area contributed by atoms with E-state index in [9.17, 15) is 23.3 Å². The highest BCUT2D eigenvalue weighted by Gasteiger charge is 2.20. The van der Waals surface area contributed by atoms with Crippen LogP contribution >= 0.6 is 11.6 Å². The molecule has 0 spiro atoms. The van der Waals surface area contributed by atoms with Gasteiger partial charge in [-0.2, -0.15) is 9.37 Å². The summed E-state index contributed by atoms with van der Waals surface area (Å²) in [6, 6.07) is 3.49. The fourth-order valence-electron chi connectivity index (χ4n) is 1.32. The molecule has 1 aromatic carbocycles. The molecule has 2 rings (SSSR count). The van der Waals surface area contributed by atoms with Crippen molar-refractivity contribution in [2.75, 3.05) is 0 Å². The summed E-state index contributed by atoms with van der Waals surface area (Å²) >= 11 is 5.63. The van der Waals surface area contributed by atoms with Crippen LogP contribution in [0.4, 0.5) is 18.9 Å². The van der Waals surface area contributed by atoms with Crippen LogP contribution < -0.4 is 4.74 Å². The summed E-state index contributed by atoms with van der Waals surface area (Å²) in [4.78, 5) is 12.9. The number of pyridine rings is 1. The summed E-state index contributed by atoms with van der Waals surface area (Å²) in [5.74, 6) is -5.78. The maximum absolute atomic E-state index is 13.4. The Labute approximate surface area is 114 Å². The molecule has 0 amide bonds. The second-order valence-electron chi connectivity index (χ2n) is 3.52. The topological polar surface area (TPSA) is 65.3 Å². The smallest absolute Gasteiger partial charge is 0.311 e. The highest BCUT2D eigenvalue weighted by molar-refractivity contribution is 6.30. The second kappa shape index (κ2) is 5.33. The molecule has 0 fully saturated rings. The number of hydrogen-bond acceptors (Lipinski definition) is 4. The van der Waals surface area contributed by atoms with Crippen molar-refractivity contribution >= 4 is 17.3 Å². The molecule has 5 nitrogen and oxygen atoms in total. The van der Waals surface area contributed by atoms with Crippen LogP contribution in [0.15, 0.2) is 24.3 Å². The zero-order chi connectivity index (χ0) is 14.9. The Kier molecular flexibility index (Phi) is 3.75. The molecule has 9 heteroatoms. The predicted octanol–water partition coefficient (Wildman–Crippen LogP) is 3.85. The lowest BCUT2D eigenvalue weighted by Gasteiger charge is -2.07. The molecule has 2 aromatic rings. The van der Waals surface area contributed by atoms with Gasteiger partial charge in [-0.05, 0) is 6.07 Å². The van der Waals surface area contributed by atoms with Crippen molar-refractivity contribution in [3.8, 4) is 11.6 Å². The quantitative estimate of drug-likeness (QED) is 0.491. The van der Waals surface area contributed by atoms with Crippen LogP contribution in [0.2, 0.25) is 5.02 Å². The standard InChI is InChI=1S/C11H4ClF3N2O3/c12-5-1-2-8(17(18)19)9(3-5)20-11-7(14)4-6(13)10(15)16-11/h1-4H. The third kappa shape index (κ3) is 2.80. The number of rotatable bonds is 3. The van der Waals surface area contributed by atoms with Gasteiger partial charge in [-0.25, -0.2) is 8.78 Å². The van der Waals surface area contributed by atoms with Gasteiger partial charge >= 0.3 is 5.69 Å². The summed E-state index contributed by atoms with van der Waals surface area (Å²) < 4.78 is 43.8. The number of nitro groups is 1. The Balaban J connectivity index is 2.47. The lowest BCUT2D eigenvalue weighted by Crippen LogP contribution is -2.00. The first-order valence-corrected chi connectivity index (χ1v) is 5.39. The number of ether oxygens (including phenoxy) is 1. The van der Waals surface area contributed by atoms with Crippen molar-refractivity contribution in [1.82, 2.24) is 4.98 Å². The second-order valence-corrected chi connectivity index (χ2v) is 3.96. The molecular formula is C11H4ClF3N2O3. The van der Waals surface area contributed by atoms with E-state index in [1.54, 1.807) is 0 Å². The first-order chi connectivity index (χ1) is 9.38. The first-order valence-electron chi connectivity index (χ1n) is 5.02. The molecule has 0 saturated carbocycles. The Hall–Kier alpha value is -2.35. The maximum Gasteiger partial charge on any atom is 0.311 e. The molecule has 0 aliphatic rings. The first kappa shape index (κ1) is 14.1. The number of nitro benzene ring substituents is 1. The fourth-order valence-corrected chi connectivity index (χ4v) is 1.49. The maximum atomic E-state index is 13.4. The Bertz CT molecular complexity index is 697. The van der Waals surface area contributed by atoms with E-state index in [1.165, 1.54) is 6.07 Å². The van der Waals surface area contributed by atoms with E-state index in [-0.39, 0.29) is 11.1 Å². The van der Waals surface area contributed by atoms with E-state index in [2.05, 4.69) is 4.98 Å². The van der Waals surface area contributed by atoms with E-state index in [1.807, 2.05) is 0 Å². The zero-order valence-corrected chi connectivity index (χ0v) is 10.2. The zero-order valence-electron chi connectivity index (χ0n) is 9.44. The highest BCUT2D eigenvalue weighted by Crippen LogP contribution is 2.34. The average molecular weight is 305 g/mol. The molecule has 0 radical (unpaired) electrons. The molecule has 0 aliphatic carbocycles. The summed E-state index contributed by atoms with van der Waals surface area (Å²) in [7, 11) is 0. The molecule has 0 saturated heterocycles. The van der Waals surface area contributed by atoms with Crippen LogP contribution in [0.3, 0.4) is 0 Å². The van der Waals surface area contributed by atoms with E-state index >= 15 is 0 Å².